The highest BCUT2D eigenvalue weighted by Gasteiger charge is 2.41. The van der Waals surface area contributed by atoms with Crippen LogP contribution in [0.5, 0.6) is 0 Å². The van der Waals surface area contributed by atoms with Gasteiger partial charge in [0, 0.05) is 13.7 Å². The van der Waals surface area contributed by atoms with E-state index in [2.05, 4.69) is 4.52 Å². The second-order valence-corrected chi connectivity index (χ2v) is 4.97. The van der Waals surface area contributed by atoms with Crippen LogP contribution in [0.25, 0.3) is 0 Å². The molecule has 0 saturated carbocycles. The second kappa shape index (κ2) is 6.07. The van der Waals surface area contributed by atoms with Crippen molar-refractivity contribution in [3.05, 3.63) is 0 Å². The molecule has 1 aliphatic rings. The summed E-state index contributed by atoms with van der Waals surface area (Å²) in [6.07, 6.45) is -1.34. The number of phosphoric acid groups is 1. The van der Waals surface area contributed by atoms with Crippen LogP contribution >= 0.6 is 7.82 Å². The van der Waals surface area contributed by atoms with Crippen LogP contribution in [0.1, 0.15) is 6.92 Å². The summed E-state index contributed by atoms with van der Waals surface area (Å²) in [5.41, 5.74) is 5.30. The molecule has 1 saturated heterocycles. The Balaban J connectivity index is 2.56. The van der Waals surface area contributed by atoms with Gasteiger partial charge < -0.3 is 20.1 Å². The quantitative estimate of drug-likeness (QED) is 0.638. The average Bonchev–Trinajstić information content (AvgIpc) is 2.57. The number of hydrogen-bond donors (Lipinski definition) is 2. The number of phosphoric ester groups is 1. The molecule has 1 aliphatic heterocycles. The molecule has 96 valence electrons. The fraction of sp³-hybridized carbons (Fsp3) is 1.00. The third kappa shape index (κ3) is 3.78. The van der Waals surface area contributed by atoms with E-state index in [1.54, 1.807) is 6.92 Å². The zero-order chi connectivity index (χ0) is 12.2. The van der Waals surface area contributed by atoms with Gasteiger partial charge in [0.05, 0.1) is 19.3 Å². The monoisotopic (exact) mass is 255 g/mol. The van der Waals surface area contributed by atoms with Crippen molar-refractivity contribution in [1.82, 2.24) is 0 Å². The van der Waals surface area contributed by atoms with Crippen LogP contribution in [0, 0.1) is 0 Å². The van der Waals surface area contributed by atoms with Gasteiger partial charge in [0.1, 0.15) is 12.2 Å². The van der Waals surface area contributed by atoms with Crippen LogP contribution in [0.2, 0.25) is 0 Å². The highest BCUT2D eigenvalue weighted by molar-refractivity contribution is 7.47. The molecule has 3 unspecified atom stereocenters. The molecule has 16 heavy (non-hydrogen) atoms. The van der Waals surface area contributed by atoms with Crippen LogP contribution in [-0.2, 0) is 23.1 Å². The number of nitrogens with two attached hydrogens (primary N) is 1. The van der Waals surface area contributed by atoms with E-state index in [9.17, 15) is 9.46 Å². The van der Waals surface area contributed by atoms with Gasteiger partial charge >= 0.3 is 7.82 Å². The maximum absolute atomic E-state index is 11.3. The molecule has 4 atom stereocenters. The van der Waals surface area contributed by atoms with Crippen molar-refractivity contribution in [3.63, 3.8) is 0 Å². The molecular weight excluding hydrogens is 237 g/mol. The van der Waals surface area contributed by atoms with Crippen LogP contribution in [0.15, 0.2) is 0 Å². The van der Waals surface area contributed by atoms with E-state index in [1.807, 2.05) is 0 Å². The molecule has 1 heterocycles. The Bertz CT molecular complexity index is 263. The Labute approximate surface area is 94.4 Å². The number of rotatable bonds is 6. The largest absolute Gasteiger partial charge is 0.472 e. The summed E-state index contributed by atoms with van der Waals surface area (Å²) >= 11 is 0. The minimum Gasteiger partial charge on any atom is -0.373 e. The van der Waals surface area contributed by atoms with Crippen molar-refractivity contribution in [1.29, 1.82) is 0 Å². The summed E-state index contributed by atoms with van der Waals surface area (Å²) in [5, 5.41) is 0. The van der Waals surface area contributed by atoms with E-state index in [4.69, 9.17) is 19.7 Å². The van der Waals surface area contributed by atoms with E-state index < -0.39 is 20.0 Å². The molecule has 0 amide bonds. The van der Waals surface area contributed by atoms with Crippen LogP contribution in [0.3, 0.4) is 0 Å². The molecule has 0 aromatic heterocycles. The van der Waals surface area contributed by atoms with Crippen molar-refractivity contribution in [2.24, 2.45) is 5.73 Å². The zero-order valence-electron chi connectivity index (χ0n) is 9.37. The summed E-state index contributed by atoms with van der Waals surface area (Å²) in [5.74, 6) is 0. The number of hydrogen-bond acceptors (Lipinski definition) is 6. The van der Waals surface area contributed by atoms with Gasteiger partial charge in [0.2, 0.25) is 0 Å². The lowest BCUT2D eigenvalue weighted by Gasteiger charge is -2.22. The van der Waals surface area contributed by atoms with Crippen molar-refractivity contribution >= 4 is 7.82 Å². The third-order valence-corrected chi connectivity index (χ3v) is 3.26. The van der Waals surface area contributed by atoms with Gasteiger partial charge in [0.15, 0.2) is 0 Å². The van der Waals surface area contributed by atoms with Gasteiger partial charge in [-0.25, -0.2) is 4.57 Å². The summed E-state index contributed by atoms with van der Waals surface area (Å²) < 4.78 is 31.3. The lowest BCUT2D eigenvalue weighted by molar-refractivity contribution is -0.0147. The zero-order valence-corrected chi connectivity index (χ0v) is 10.3. The Kier molecular flexibility index (Phi) is 5.33. The van der Waals surface area contributed by atoms with Crippen molar-refractivity contribution in [3.8, 4) is 0 Å². The molecule has 1 rings (SSSR count). The first-order valence-electron chi connectivity index (χ1n) is 5.00. The molecule has 0 aromatic carbocycles. The molecule has 1 fully saturated rings. The fourth-order valence-corrected chi connectivity index (χ4v) is 2.15. The van der Waals surface area contributed by atoms with E-state index in [1.165, 1.54) is 0 Å². The SMILES string of the molecule is COP(=O)(O)OC1C(OCCN)CO[C@@H]1C. The Morgan fingerprint density at radius 3 is 2.88 bits per heavy atom. The summed E-state index contributed by atoms with van der Waals surface area (Å²) in [6, 6.07) is 0. The maximum Gasteiger partial charge on any atom is 0.472 e. The van der Waals surface area contributed by atoms with Crippen LogP contribution in [-0.4, -0.2) is 50.1 Å². The molecule has 7 nitrogen and oxygen atoms in total. The molecular formula is C8H18NO6P. The van der Waals surface area contributed by atoms with E-state index in [0.29, 0.717) is 19.8 Å². The lowest BCUT2D eigenvalue weighted by atomic mass is 10.2. The molecule has 0 aromatic rings. The molecule has 0 radical (unpaired) electrons. The van der Waals surface area contributed by atoms with Gasteiger partial charge in [-0.15, -0.1) is 0 Å². The standard InChI is InChI=1S/C8H18NO6P/c1-6-8(15-16(10,11)12-2)7(5-14-6)13-4-3-9/h6-8H,3-5,9H2,1-2H3,(H,10,11)/t6-,7?,8?/m1/s1. The van der Waals surface area contributed by atoms with E-state index >= 15 is 0 Å². The van der Waals surface area contributed by atoms with Crippen molar-refractivity contribution < 1.29 is 28.0 Å². The Hall–Kier alpha value is -0.0100. The van der Waals surface area contributed by atoms with Crippen molar-refractivity contribution in [2.75, 3.05) is 26.9 Å². The van der Waals surface area contributed by atoms with Crippen molar-refractivity contribution in [2.45, 2.75) is 25.2 Å². The molecule has 0 aliphatic carbocycles. The van der Waals surface area contributed by atoms with Crippen LogP contribution in [0.4, 0.5) is 0 Å². The second-order valence-electron chi connectivity index (χ2n) is 3.46. The molecule has 3 N–H and O–H groups in total. The van der Waals surface area contributed by atoms with Gasteiger partial charge in [-0.3, -0.25) is 9.05 Å². The predicted molar refractivity (Wildman–Crippen MR) is 55.9 cm³/mol. The van der Waals surface area contributed by atoms with Gasteiger partial charge in [-0.2, -0.15) is 0 Å². The first-order valence-corrected chi connectivity index (χ1v) is 6.50. The van der Waals surface area contributed by atoms with E-state index in [0.717, 1.165) is 7.11 Å². The fourth-order valence-electron chi connectivity index (χ4n) is 1.45. The highest BCUT2D eigenvalue weighted by Crippen LogP contribution is 2.45. The Morgan fingerprint density at radius 1 is 1.62 bits per heavy atom. The maximum atomic E-state index is 11.3. The smallest absolute Gasteiger partial charge is 0.373 e. The third-order valence-electron chi connectivity index (χ3n) is 2.29. The summed E-state index contributed by atoms with van der Waals surface area (Å²) in [6.45, 7) is 2.78. The van der Waals surface area contributed by atoms with Gasteiger partial charge in [-0.1, -0.05) is 0 Å². The first-order chi connectivity index (χ1) is 7.50. The average molecular weight is 255 g/mol. The molecule has 8 heteroatoms. The van der Waals surface area contributed by atoms with Crippen LogP contribution < -0.4 is 5.73 Å². The summed E-state index contributed by atoms with van der Waals surface area (Å²) in [7, 11) is -2.91. The van der Waals surface area contributed by atoms with E-state index in [-0.39, 0.29) is 6.10 Å². The summed E-state index contributed by atoms with van der Waals surface area (Å²) in [4.78, 5) is 9.22. The topological polar surface area (TPSA) is 100 Å². The predicted octanol–water partition coefficient (Wildman–Crippen LogP) is -0.119. The Morgan fingerprint density at radius 2 is 2.31 bits per heavy atom. The minimum absolute atomic E-state index is 0.315. The highest BCUT2D eigenvalue weighted by atomic mass is 31.2. The molecule has 0 bridgehead atoms. The first kappa shape index (κ1) is 14.1. The minimum atomic E-state index is -4.02. The van der Waals surface area contributed by atoms with Gasteiger partial charge in [0.25, 0.3) is 0 Å². The normalized spacial score (nSPS) is 33.9. The van der Waals surface area contributed by atoms with Gasteiger partial charge in [-0.05, 0) is 6.92 Å². The lowest BCUT2D eigenvalue weighted by Crippen LogP contribution is -2.34. The molecule has 0 spiro atoms. The number of ether oxygens (including phenoxy) is 2.